The maximum Gasteiger partial charge on any atom is 0.0764 e. The molecular weight excluding hydrogens is 136 g/mol. The van der Waals surface area contributed by atoms with Crippen LogP contribution >= 0.6 is 0 Å². The fourth-order valence-electron chi connectivity index (χ4n) is 0.804. The zero-order valence-electron chi connectivity index (χ0n) is 6.17. The Balaban J connectivity index is 2.71. The molecule has 11 heavy (non-hydrogen) atoms. The molecule has 1 aromatic carbocycles. The molecule has 0 amide bonds. The second-order valence-corrected chi connectivity index (χ2v) is 2.14. The number of benzene rings is 1. The number of nitrogens with one attached hydrogen (secondary N) is 1. The highest BCUT2D eigenvalue weighted by Gasteiger charge is 1.92. The van der Waals surface area contributed by atoms with Gasteiger partial charge < -0.3 is 11.1 Å². The molecule has 0 heterocycles. The lowest BCUT2D eigenvalue weighted by Gasteiger charge is -2.04. The highest BCUT2D eigenvalue weighted by Crippen LogP contribution is 2.15. The fraction of sp³-hybridized carbons (Fsp3) is 0.111. The minimum Gasteiger partial charge on any atom is -0.397 e. The molecule has 0 aromatic heterocycles. The first-order chi connectivity index (χ1) is 5.34. The standard InChI is InChI=1S/C9H10N2/c1-2-7-11-9-6-4-3-5-8(9)10/h1,3-6,11H,7,10H2. The van der Waals surface area contributed by atoms with Gasteiger partial charge in [0.1, 0.15) is 0 Å². The van der Waals surface area contributed by atoms with Crippen molar-refractivity contribution in [1.82, 2.24) is 0 Å². The summed E-state index contributed by atoms with van der Waals surface area (Å²) in [7, 11) is 0. The number of nitrogen functional groups attached to an aromatic ring is 1. The topological polar surface area (TPSA) is 38.0 Å². The summed E-state index contributed by atoms with van der Waals surface area (Å²) < 4.78 is 0. The summed E-state index contributed by atoms with van der Waals surface area (Å²) in [4.78, 5) is 0. The fourth-order valence-corrected chi connectivity index (χ4v) is 0.804. The van der Waals surface area contributed by atoms with Crippen LogP contribution in [0, 0.1) is 12.3 Å². The summed E-state index contributed by atoms with van der Waals surface area (Å²) in [6.07, 6.45) is 5.07. The summed E-state index contributed by atoms with van der Waals surface area (Å²) in [5.41, 5.74) is 7.25. The largest absolute Gasteiger partial charge is 0.397 e. The molecule has 0 atom stereocenters. The zero-order chi connectivity index (χ0) is 8.10. The molecule has 0 fully saturated rings. The van der Waals surface area contributed by atoms with E-state index < -0.39 is 0 Å². The van der Waals surface area contributed by atoms with Crippen LogP contribution in [0.4, 0.5) is 11.4 Å². The van der Waals surface area contributed by atoms with E-state index >= 15 is 0 Å². The van der Waals surface area contributed by atoms with E-state index in [9.17, 15) is 0 Å². The van der Waals surface area contributed by atoms with Gasteiger partial charge in [0.2, 0.25) is 0 Å². The maximum absolute atomic E-state index is 5.63. The molecule has 0 spiro atoms. The summed E-state index contributed by atoms with van der Waals surface area (Å²) in [5.74, 6) is 2.48. The Hall–Kier alpha value is -1.62. The Morgan fingerprint density at radius 2 is 2.18 bits per heavy atom. The monoisotopic (exact) mass is 146 g/mol. The molecule has 0 saturated heterocycles. The van der Waals surface area contributed by atoms with Crippen molar-refractivity contribution in [3.8, 4) is 12.3 Å². The number of anilines is 2. The average molecular weight is 146 g/mol. The van der Waals surface area contributed by atoms with Gasteiger partial charge in [-0.05, 0) is 12.1 Å². The lowest BCUT2D eigenvalue weighted by Crippen LogP contribution is -2.01. The predicted molar refractivity (Wildman–Crippen MR) is 48.2 cm³/mol. The normalized spacial score (nSPS) is 8.64. The zero-order valence-corrected chi connectivity index (χ0v) is 6.17. The SMILES string of the molecule is C#CCNc1ccccc1N. The quantitative estimate of drug-likeness (QED) is 0.487. The van der Waals surface area contributed by atoms with E-state index in [0.717, 1.165) is 11.4 Å². The van der Waals surface area contributed by atoms with E-state index in [1.54, 1.807) is 0 Å². The van der Waals surface area contributed by atoms with Gasteiger partial charge in [-0.3, -0.25) is 0 Å². The van der Waals surface area contributed by atoms with Crippen molar-refractivity contribution in [2.45, 2.75) is 0 Å². The number of terminal acetylenes is 1. The first-order valence-electron chi connectivity index (χ1n) is 3.36. The molecule has 2 heteroatoms. The molecule has 1 aromatic rings. The van der Waals surface area contributed by atoms with E-state index in [1.165, 1.54) is 0 Å². The van der Waals surface area contributed by atoms with Crippen molar-refractivity contribution in [3.63, 3.8) is 0 Å². The minimum atomic E-state index is 0.508. The van der Waals surface area contributed by atoms with Crippen LogP contribution in [-0.4, -0.2) is 6.54 Å². The first-order valence-corrected chi connectivity index (χ1v) is 3.36. The van der Waals surface area contributed by atoms with Gasteiger partial charge in [-0.1, -0.05) is 18.1 Å². The predicted octanol–water partition coefficient (Wildman–Crippen LogP) is 1.31. The molecule has 56 valence electrons. The highest BCUT2D eigenvalue weighted by atomic mass is 14.9. The average Bonchev–Trinajstić information content (AvgIpc) is 2.03. The molecule has 3 N–H and O–H groups in total. The lowest BCUT2D eigenvalue weighted by molar-refractivity contribution is 1.38. The van der Waals surface area contributed by atoms with E-state index in [4.69, 9.17) is 12.2 Å². The van der Waals surface area contributed by atoms with Crippen molar-refractivity contribution in [2.24, 2.45) is 0 Å². The van der Waals surface area contributed by atoms with E-state index in [-0.39, 0.29) is 0 Å². The molecule has 1 rings (SSSR count). The number of hydrogen-bond acceptors (Lipinski definition) is 2. The summed E-state index contributed by atoms with van der Waals surface area (Å²) >= 11 is 0. The van der Waals surface area contributed by atoms with Crippen LogP contribution in [0.3, 0.4) is 0 Å². The van der Waals surface area contributed by atoms with Gasteiger partial charge >= 0.3 is 0 Å². The summed E-state index contributed by atoms with van der Waals surface area (Å²) in [6, 6.07) is 7.52. The molecular formula is C9H10N2. The van der Waals surface area contributed by atoms with Gasteiger partial charge in [0.15, 0.2) is 0 Å². The van der Waals surface area contributed by atoms with Crippen molar-refractivity contribution in [1.29, 1.82) is 0 Å². The smallest absolute Gasteiger partial charge is 0.0764 e. The van der Waals surface area contributed by atoms with E-state index in [0.29, 0.717) is 6.54 Å². The number of hydrogen-bond donors (Lipinski definition) is 2. The van der Waals surface area contributed by atoms with Gasteiger partial charge in [-0.2, -0.15) is 0 Å². The van der Waals surface area contributed by atoms with Gasteiger partial charge in [-0.15, -0.1) is 6.42 Å². The molecule has 0 aliphatic rings. The van der Waals surface area contributed by atoms with Crippen LogP contribution in [0.15, 0.2) is 24.3 Å². The van der Waals surface area contributed by atoms with Crippen molar-refractivity contribution >= 4 is 11.4 Å². The molecule has 2 nitrogen and oxygen atoms in total. The molecule has 0 aliphatic heterocycles. The molecule has 0 unspecified atom stereocenters. The van der Waals surface area contributed by atoms with Crippen LogP contribution in [0.5, 0.6) is 0 Å². The first kappa shape index (κ1) is 7.49. The third-order valence-corrected chi connectivity index (χ3v) is 1.34. The van der Waals surface area contributed by atoms with Crippen LogP contribution in [0.1, 0.15) is 0 Å². The molecule has 0 bridgehead atoms. The second kappa shape index (κ2) is 3.52. The minimum absolute atomic E-state index is 0.508. The Morgan fingerprint density at radius 3 is 2.82 bits per heavy atom. The van der Waals surface area contributed by atoms with E-state index in [2.05, 4.69) is 11.2 Å². The van der Waals surface area contributed by atoms with Crippen LogP contribution in [0.25, 0.3) is 0 Å². The van der Waals surface area contributed by atoms with Crippen molar-refractivity contribution in [3.05, 3.63) is 24.3 Å². The Labute approximate surface area is 66.4 Å². The Bertz CT molecular complexity index is 273. The molecule has 0 saturated carbocycles. The van der Waals surface area contributed by atoms with Crippen LogP contribution in [0.2, 0.25) is 0 Å². The van der Waals surface area contributed by atoms with Crippen molar-refractivity contribution < 1.29 is 0 Å². The van der Waals surface area contributed by atoms with Crippen molar-refractivity contribution in [2.75, 3.05) is 17.6 Å². The van der Waals surface area contributed by atoms with Gasteiger partial charge in [-0.25, -0.2) is 0 Å². The maximum atomic E-state index is 5.63. The van der Waals surface area contributed by atoms with Gasteiger partial charge in [0, 0.05) is 0 Å². The highest BCUT2D eigenvalue weighted by molar-refractivity contribution is 5.65. The second-order valence-electron chi connectivity index (χ2n) is 2.14. The van der Waals surface area contributed by atoms with Crippen LogP contribution in [-0.2, 0) is 0 Å². The number of rotatable bonds is 2. The summed E-state index contributed by atoms with van der Waals surface area (Å²) in [5, 5.41) is 3.00. The van der Waals surface area contributed by atoms with E-state index in [1.807, 2.05) is 24.3 Å². The van der Waals surface area contributed by atoms with Gasteiger partial charge in [0.25, 0.3) is 0 Å². The Kier molecular flexibility index (Phi) is 2.40. The molecule has 0 radical (unpaired) electrons. The Morgan fingerprint density at radius 1 is 1.45 bits per heavy atom. The lowest BCUT2D eigenvalue weighted by atomic mass is 10.3. The number of nitrogens with two attached hydrogens (primary N) is 1. The number of para-hydroxylation sites is 2. The van der Waals surface area contributed by atoms with Crippen LogP contribution < -0.4 is 11.1 Å². The van der Waals surface area contributed by atoms with Gasteiger partial charge in [0.05, 0.1) is 17.9 Å². The molecule has 0 aliphatic carbocycles. The third kappa shape index (κ3) is 1.91. The summed E-state index contributed by atoms with van der Waals surface area (Å²) in [6.45, 7) is 0.508. The third-order valence-electron chi connectivity index (χ3n) is 1.34.